The number of carbonyl (C=O) groups is 1. The maximum Gasteiger partial charge on any atom is 0.573 e. The molecule has 0 aliphatic heterocycles. The van der Waals surface area contributed by atoms with E-state index in [4.69, 9.17) is 11.5 Å². The molecule has 1 heterocycles. The number of amides is 1. The summed E-state index contributed by atoms with van der Waals surface area (Å²) in [6.45, 7) is 0. The molecule has 0 aliphatic carbocycles. The lowest BCUT2D eigenvalue weighted by Crippen LogP contribution is -2.21. The standard InChI is InChI=1S/C7H6F3N3O2/c8-7(9,10)15-3-1-2-13-5(4(3)11)6(12)14/h1-2H,11H2,(H2,12,14). The molecule has 0 fully saturated rings. The Kier molecular flexibility index (Phi) is 2.69. The number of hydrogen-bond donors (Lipinski definition) is 2. The molecule has 0 saturated carbocycles. The molecule has 1 rings (SSSR count). The molecule has 4 N–H and O–H groups in total. The van der Waals surface area contributed by atoms with E-state index in [2.05, 4.69) is 9.72 Å². The van der Waals surface area contributed by atoms with Crippen molar-refractivity contribution < 1.29 is 22.7 Å². The highest BCUT2D eigenvalue weighted by molar-refractivity contribution is 5.97. The highest BCUT2D eigenvalue weighted by Gasteiger charge is 2.32. The van der Waals surface area contributed by atoms with Crippen LogP contribution >= 0.6 is 0 Å². The van der Waals surface area contributed by atoms with Crippen LogP contribution in [0.15, 0.2) is 12.3 Å². The summed E-state index contributed by atoms with van der Waals surface area (Å²) in [5, 5.41) is 0. The fourth-order valence-electron chi connectivity index (χ4n) is 0.866. The third-order valence-corrected chi connectivity index (χ3v) is 1.41. The van der Waals surface area contributed by atoms with Crippen LogP contribution in [0.25, 0.3) is 0 Å². The van der Waals surface area contributed by atoms with Crippen molar-refractivity contribution in [1.29, 1.82) is 0 Å². The van der Waals surface area contributed by atoms with E-state index < -0.39 is 29.4 Å². The summed E-state index contributed by atoms with van der Waals surface area (Å²) in [5.41, 5.74) is 9.03. The summed E-state index contributed by atoms with van der Waals surface area (Å²) in [4.78, 5) is 14.1. The number of pyridine rings is 1. The summed E-state index contributed by atoms with van der Waals surface area (Å²) < 4.78 is 39.1. The third kappa shape index (κ3) is 2.73. The predicted octanol–water partition coefficient (Wildman–Crippen LogP) is 0.661. The van der Waals surface area contributed by atoms with Gasteiger partial charge in [-0.2, -0.15) is 0 Å². The molecule has 5 nitrogen and oxygen atoms in total. The Morgan fingerprint density at radius 3 is 2.53 bits per heavy atom. The number of nitrogen functional groups attached to an aromatic ring is 1. The van der Waals surface area contributed by atoms with Crippen molar-refractivity contribution in [1.82, 2.24) is 4.98 Å². The van der Waals surface area contributed by atoms with Crippen LogP contribution in [-0.4, -0.2) is 17.3 Å². The fraction of sp³-hybridized carbons (Fsp3) is 0.143. The first kappa shape index (κ1) is 11.1. The molecule has 15 heavy (non-hydrogen) atoms. The van der Waals surface area contributed by atoms with E-state index >= 15 is 0 Å². The number of carbonyl (C=O) groups excluding carboxylic acids is 1. The lowest BCUT2D eigenvalue weighted by molar-refractivity contribution is -0.274. The third-order valence-electron chi connectivity index (χ3n) is 1.41. The SMILES string of the molecule is NC(=O)c1nccc(OC(F)(F)F)c1N. The first-order chi connectivity index (χ1) is 6.81. The topological polar surface area (TPSA) is 91.2 Å². The number of alkyl halides is 3. The van der Waals surface area contributed by atoms with Crippen molar-refractivity contribution in [3.63, 3.8) is 0 Å². The van der Waals surface area contributed by atoms with Gasteiger partial charge in [0.1, 0.15) is 5.69 Å². The van der Waals surface area contributed by atoms with Gasteiger partial charge in [-0.05, 0) is 0 Å². The molecule has 1 amide bonds. The number of primary amides is 1. The van der Waals surface area contributed by atoms with Crippen LogP contribution in [-0.2, 0) is 0 Å². The van der Waals surface area contributed by atoms with Crippen molar-refractivity contribution >= 4 is 11.6 Å². The Hall–Kier alpha value is -1.99. The number of aromatic nitrogens is 1. The van der Waals surface area contributed by atoms with Gasteiger partial charge in [0, 0.05) is 12.3 Å². The van der Waals surface area contributed by atoms with E-state index in [0.29, 0.717) is 0 Å². The van der Waals surface area contributed by atoms with Crippen LogP contribution in [0, 0.1) is 0 Å². The van der Waals surface area contributed by atoms with E-state index in [0.717, 1.165) is 12.3 Å². The largest absolute Gasteiger partial charge is 0.573 e. The van der Waals surface area contributed by atoms with E-state index in [1.165, 1.54) is 0 Å². The van der Waals surface area contributed by atoms with Gasteiger partial charge in [-0.1, -0.05) is 0 Å². The average molecular weight is 221 g/mol. The van der Waals surface area contributed by atoms with Crippen LogP contribution < -0.4 is 16.2 Å². The number of rotatable bonds is 2. The van der Waals surface area contributed by atoms with E-state index in [9.17, 15) is 18.0 Å². The Labute approximate surface area is 81.8 Å². The van der Waals surface area contributed by atoms with Crippen LogP contribution in [0.1, 0.15) is 10.5 Å². The van der Waals surface area contributed by atoms with Gasteiger partial charge in [0.05, 0.1) is 0 Å². The molecule has 82 valence electrons. The molecule has 0 atom stereocenters. The Morgan fingerprint density at radius 2 is 2.07 bits per heavy atom. The van der Waals surface area contributed by atoms with Crippen molar-refractivity contribution in [2.24, 2.45) is 5.73 Å². The second-order valence-electron chi connectivity index (χ2n) is 2.48. The maximum absolute atomic E-state index is 11.8. The molecule has 0 aliphatic rings. The zero-order valence-corrected chi connectivity index (χ0v) is 7.21. The Morgan fingerprint density at radius 1 is 1.47 bits per heavy atom. The number of nitrogens with zero attached hydrogens (tertiary/aromatic N) is 1. The molecular weight excluding hydrogens is 215 g/mol. The number of halogens is 3. The van der Waals surface area contributed by atoms with Crippen molar-refractivity contribution in [2.45, 2.75) is 6.36 Å². The van der Waals surface area contributed by atoms with Gasteiger partial charge in [0.2, 0.25) is 0 Å². The number of hydrogen-bond acceptors (Lipinski definition) is 4. The van der Waals surface area contributed by atoms with Crippen molar-refractivity contribution in [3.8, 4) is 5.75 Å². The normalized spacial score (nSPS) is 11.1. The van der Waals surface area contributed by atoms with Crippen LogP contribution in [0.5, 0.6) is 5.75 Å². The summed E-state index contributed by atoms with van der Waals surface area (Å²) in [5.74, 6) is -1.73. The lowest BCUT2D eigenvalue weighted by Gasteiger charge is -2.11. The monoisotopic (exact) mass is 221 g/mol. The molecule has 0 radical (unpaired) electrons. The van der Waals surface area contributed by atoms with Gasteiger partial charge in [-0.25, -0.2) is 4.98 Å². The van der Waals surface area contributed by atoms with Crippen molar-refractivity contribution in [3.05, 3.63) is 18.0 Å². The molecule has 8 heteroatoms. The maximum atomic E-state index is 11.8. The minimum absolute atomic E-state index is 0.461. The molecule has 0 saturated heterocycles. The smallest absolute Gasteiger partial charge is 0.403 e. The summed E-state index contributed by atoms with van der Waals surface area (Å²) in [7, 11) is 0. The average Bonchev–Trinajstić information content (AvgIpc) is 2.05. The van der Waals surface area contributed by atoms with Crippen LogP contribution in [0.2, 0.25) is 0 Å². The van der Waals surface area contributed by atoms with E-state index in [-0.39, 0.29) is 0 Å². The first-order valence-corrected chi connectivity index (χ1v) is 3.61. The minimum Gasteiger partial charge on any atom is -0.403 e. The summed E-state index contributed by atoms with van der Waals surface area (Å²) in [6, 6.07) is 0.884. The Balaban J connectivity index is 3.10. The van der Waals surface area contributed by atoms with Gasteiger partial charge in [0.25, 0.3) is 5.91 Å². The summed E-state index contributed by atoms with van der Waals surface area (Å²) in [6.07, 6.45) is -3.94. The molecular formula is C7H6F3N3O2. The van der Waals surface area contributed by atoms with Gasteiger partial charge < -0.3 is 16.2 Å². The van der Waals surface area contributed by atoms with Crippen molar-refractivity contribution in [2.75, 3.05) is 5.73 Å². The van der Waals surface area contributed by atoms with Gasteiger partial charge in [-0.15, -0.1) is 13.2 Å². The van der Waals surface area contributed by atoms with E-state index in [1.54, 1.807) is 0 Å². The minimum atomic E-state index is -4.88. The molecule has 0 aromatic carbocycles. The highest BCUT2D eigenvalue weighted by atomic mass is 19.4. The number of ether oxygens (including phenoxy) is 1. The first-order valence-electron chi connectivity index (χ1n) is 3.61. The molecule has 1 aromatic rings. The zero-order valence-electron chi connectivity index (χ0n) is 7.21. The molecule has 0 spiro atoms. The van der Waals surface area contributed by atoms with Gasteiger partial charge in [-0.3, -0.25) is 4.79 Å². The second-order valence-corrected chi connectivity index (χ2v) is 2.48. The number of anilines is 1. The molecule has 0 bridgehead atoms. The van der Waals surface area contributed by atoms with Crippen LogP contribution in [0.3, 0.4) is 0 Å². The molecule has 1 aromatic heterocycles. The fourth-order valence-corrected chi connectivity index (χ4v) is 0.866. The Bertz CT molecular complexity index is 392. The second kappa shape index (κ2) is 3.64. The molecule has 0 unspecified atom stereocenters. The van der Waals surface area contributed by atoms with Crippen LogP contribution in [0.4, 0.5) is 18.9 Å². The van der Waals surface area contributed by atoms with E-state index in [1.807, 2.05) is 0 Å². The lowest BCUT2D eigenvalue weighted by atomic mass is 10.2. The van der Waals surface area contributed by atoms with Gasteiger partial charge in [0.15, 0.2) is 11.4 Å². The highest BCUT2D eigenvalue weighted by Crippen LogP contribution is 2.29. The summed E-state index contributed by atoms with van der Waals surface area (Å²) >= 11 is 0. The number of nitrogens with two attached hydrogens (primary N) is 2. The van der Waals surface area contributed by atoms with Gasteiger partial charge >= 0.3 is 6.36 Å². The zero-order chi connectivity index (χ0) is 11.6. The predicted molar refractivity (Wildman–Crippen MR) is 43.9 cm³/mol. The quantitative estimate of drug-likeness (QED) is 0.767.